The van der Waals surface area contributed by atoms with E-state index in [2.05, 4.69) is 83.4 Å². The number of ether oxygens (including phenoxy) is 13. The Kier molecular flexibility index (Phi) is 41.2. The number of primary amides is 1. The van der Waals surface area contributed by atoms with Gasteiger partial charge in [0.2, 0.25) is 5.91 Å². The lowest BCUT2D eigenvalue weighted by Gasteiger charge is -2.24. The number of anilines is 2. The van der Waals surface area contributed by atoms with Gasteiger partial charge >= 0.3 is 23.9 Å². The molecule has 4 aliphatic rings. The van der Waals surface area contributed by atoms with E-state index in [1.807, 2.05) is 133 Å². The zero-order valence-corrected chi connectivity index (χ0v) is 76.5. The molecule has 32 heteroatoms. The number of hydrogen-bond acceptors (Lipinski definition) is 24. The lowest BCUT2D eigenvalue weighted by atomic mass is 9.96. The average Bonchev–Trinajstić information content (AvgIpc) is 0.808. The monoisotopic (exact) mass is 1770 g/mol. The van der Waals surface area contributed by atoms with Gasteiger partial charge in [0, 0.05) is 84.7 Å². The number of fused-ring (bicyclic) bond motifs is 8. The highest BCUT2D eigenvalue weighted by Gasteiger charge is 2.26. The third kappa shape index (κ3) is 29.0. The number of nitrogens with one attached hydrogen (secondary N) is 5. The summed E-state index contributed by atoms with van der Waals surface area (Å²) in [5.41, 5.74) is 27.6. The Morgan fingerprint density at radius 3 is 1.33 bits per heavy atom. The number of nitrogens with zero attached hydrogens (tertiary/aromatic N) is 6. The number of methoxy groups -OCH3 is 6. The molecule has 0 radical (unpaired) electrons. The largest absolute Gasteiger partial charge is 0.493 e. The van der Waals surface area contributed by atoms with Gasteiger partial charge in [-0.25, -0.2) is 32.4 Å². The van der Waals surface area contributed by atoms with Gasteiger partial charge in [-0.1, -0.05) is 29.8 Å². The summed E-state index contributed by atoms with van der Waals surface area (Å²) in [5, 5.41) is 12.5. The minimum Gasteiger partial charge on any atom is -0.493 e. The number of carbonyl (C=O) groups is 3. The first-order valence-corrected chi connectivity index (χ1v) is 42.4. The Balaban J connectivity index is 0.000000211. The SMILES string of the molecule is CCOc1cc(CCN)ccc1OC.CCOc1cc2c(cc1OC)-c1cc(=O)[nH]c(=O)n1CC2.CCOc1cc2c(cc1OC)-c1cc(Nc3c(C)cc(C)cc3C)nc(=O)n1CC2.CCOc1cc2c(cc1OC)/C(=C/C(N)=O)NCC2.[C-]#[N+]/C=C1\NCCc2cc(OCC)c(OC)cc21.[C-]#[N+]CC(=O)NCCc1ccc(OC)c(OCC)c1.[C-]#[N+]CC(=O)OCC. The summed E-state index contributed by atoms with van der Waals surface area (Å²) < 4.78 is 73.0. The number of aromatic amines is 1. The first kappa shape index (κ1) is 102. The highest BCUT2D eigenvalue weighted by Crippen LogP contribution is 2.42. The molecule has 9 N–H and O–H groups in total. The van der Waals surface area contributed by atoms with E-state index in [0.29, 0.717) is 137 Å². The average molecular weight is 1770 g/mol. The standard InChI is InChI=1S/C24H27N3O3.C15H16N2O4.2C14H18N2O3.C14H16N2O2.C11H17NO2.C5H7NO2/c1-6-30-21-11-17-7-8-27-19(18(17)12-20(21)29-5)13-22(26-24(27)28)25-23-15(3)9-14(2)10-16(23)4;1-3-21-13-6-9-4-5-17-11(8-14(18)16-15(17)19)10(9)7-12(13)20-2;1-3-19-13-6-9-4-5-16-11(8-14(15)17)10(9)7-12(13)18-2;1-4-19-13-9-11(5-6-12(13)18-3)7-8-16-14(17)10-15-2;1-4-18-14-7-10-5-6-16-12(9-15-2)11(10)8-13(14)17-3;1-3-14-11-8-9(6-7-12)4-5-10(11)13-2;1-3-8-5(7)4-6-2/h9-13H,6-8H2,1-5H3,(H,25,26,28);6-8H,3-5H2,1-2H3,(H,16,18,19);6-8,16H,3-5H2,1-2H3,(H2,15,17);5-6,9H,4,7-8,10H2,1,3H3,(H,16,17);7-9,16H,4-6H2,1,3H3;4-5,8H,3,6-7,12H2,1-2H3;3-4H2,1H3/b;;11-8-;;12-9-;;. The van der Waals surface area contributed by atoms with E-state index >= 15 is 0 Å². The van der Waals surface area contributed by atoms with Gasteiger partial charge in [0.25, 0.3) is 18.0 Å². The number of esters is 1. The molecule has 0 fully saturated rings. The van der Waals surface area contributed by atoms with Crippen molar-refractivity contribution < 1.29 is 76.0 Å². The Morgan fingerprint density at radius 2 is 0.907 bits per heavy atom. The molecular formula is C97H119N13O19. The third-order valence-electron chi connectivity index (χ3n) is 19.9. The summed E-state index contributed by atoms with van der Waals surface area (Å²) in [6.07, 6.45) is 7.72. The van der Waals surface area contributed by atoms with Crippen LogP contribution in [0.1, 0.15) is 110 Å². The first-order valence-electron chi connectivity index (χ1n) is 42.4. The number of carbonyl (C=O) groups excluding carboxylic acids is 3. The van der Waals surface area contributed by atoms with Crippen LogP contribution in [0.3, 0.4) is 0 Å². The van der Waals surface area contributed by atoms with Crippen LogP contribution < -0.4 is 107 Å². The van der Waals surface area contributed by atoms with Gasteiger partial charge in [-0.3, -0.25) is 28.5 Å². The van der Waals surface area contributed by atoms with Crippen LogP contribution in [0.2, 0.25) is 0 Å². The number of aromatic nitrogens is 4. The van der Waals surface area contributed by atoms with Crippen molar-refractivity contribution in [3.05, 3.63) is 248 Å². The van der Waals surface area contributed by atoms with Gasteiger partial charge < -0.3 is 104 Å². The molecule has 129 heavy (non-hydrogen) atoms. The minimum atomic E-state index is -0.469. The zero-order chi connectivity index (χ0) is 94.1. The zero-order valence-electron chi connectivity index (χ0n) is 76.5. The molecule has 2 aromatic heterocycles. The molecule has 2 amide bonds. The molecule has 4 aliphatic heterocycles. The topological polar surface area (TPSA) is 374 Å². The Hall–Kier alpha value is -14.6. The second kappa shape index (κ2) is 52.4. The molecule has 0 bridgehead atoms. The van der Waals surface area contributed by atoms with Crippen molar-refractivity contribution in [3.63, 3.8) is 0 Å². The van der Waals surface area contributed by atoms with Crippen molar-refractivity contribution in [2.24, 2.45) is 11.5 Å². The highest BCUT2D eigenvalue weighted by atomic mass is 16.5. The molecule has 686 valence electrons. The smallest absolute Gasteiger partial charge is 0.387 e. The second-order valence-corrected chi connectivity index (χ2v) is 28.6. The van der Waals surface area contributed by atoms with Crippen molar-refractivity contribution in [3.8, 4) is 91.5 Å². The maximum Gasteiger partial charge on any atom is 0.387 e. The molecule has 13 rings (SSSR count). The molecule has 0 unspecified atom stereocenters. The van der Waals surface area contributed by atoms with Crippen LogP contribution in [0, 0.1) is 40.5 Å². The maximum atomic E-state index is 12.8. The number of hydrogen-bond donors (Lipinski definition) is 7. The van der Waals surface area contributed by atoms with E-state index in [9.17, 15) is 28.8 Å². The first-order chi connectivity index (χ1) is 62.3. The van der Waals surface area contributed by atoms with Crippen LogP contribution in [0.15, 0.2) is 136 Å². The second-order valence-electron chi connectivity index (χ2n) is 28.6. The van der Waals surface area contributed by atoms with Crippen molar-refractivity contribution in [1.29, 1.82) is 0 Å². The summed E-state index contributed by atoms with van der Waals surface area (Å²) in [6.45, 7) is 46.8. The van der Waals surface area contributed by atoms with Crippen molar-refractivity contribution in [1.82, 2.24) is 35.1 Å². The van der Waals surface area contributed by atoms with Crippen LogP contribution in [-0.4, -0.2) is 165 Å². The molecule has 0 saturated carbocycles. The number of aryl methyl sites for hydroxylation is 5. The number of nitrogens with two attached hydrogens (primary N) is 2. The van der Waals surface area contributed by atoms with Crippen LogP contribution in [-0.2, 0) is 70.7 Å². The molecule has 0 atom stereocenters. The summed E-state index contributed by atoms with van der Waals surface area (Å²) in [4.78, 5) is 84.4. The normalized spacial score (nSPS) is 12.3. The van der Waals surface area contributed by atoms with Gasteiger partial charge in [-0.2, -0.15) is 4.98 Å². The molecule has 7 aromatic carbocycles. The Bertz CT molecular complexity index is 5700. The number of H-pyrrole nitrogens is 1. The Labute approximate surface area is 753 Å². The lowest BCUT2D eigenvalue weighted by Crippen LogP contribution is -2.33. The predicted octanol–water partition coefficient (Wildman–Crippen LogP) is 13.0. The third-order valence-corrected chi connectivity index (χ3v) is 19.9. The molecule has 0 saturated heterocycles. The number of benzene rings is 7. The van der Waals surface area contributed by atoms with E-state index in [-0.39, 0.29) is 30.4 Å². The minimum absolute atomic E-state index is 0.118. The lowest BCUT2D eigenvalue weighted by molar-refractivity contribution is -0.140. The molecule has 9 aromatic rings. The quantitative estimate of drug-likeness (QED) is 0.0130. The van der Waals surface area contributed by atoms with Crippen molar-refractivity contribution in [2.45, 2.75) is 121 Å². The van der Waals surface area contributed by atoms with Gasteiger partial charge in [0.15, 0.2) is 75.2 Å². The van der Waals surface area contributed by atoms with Crippen LogP contribution in [0.4, 0.5) is 11.5 Å². The summed E-state index contributed by atoms with van der Waals surface area (Å²) in [6, 6.07) is 34.7. The number of rotatable bonds is 29. The predicted molar refractivity (Wildman–Crippen MR) is 498 cm³/mol. The summed E-state index contributed by atoms with van der Waals surface area (Å²) in [7, 11) is 9.65. The molecule has 0 aliphatic carbocycles. The molecule has 32 nitrogen and oxygen atoms in total. The van der Waals surface area contributed by atoms with E-state index < -0.39 is 17.4 Å². The fourth-order valence-electron chi connectivity index (χ4n) is 14.4. The highest BCUT2D eigenvalue weighted by molar-refractivity contribution is 5.94. The van der Waals surface area contributed by atoms with Crippen LogP contribution in [0.5, 0.6) is 69.0 Å². The summed E-state index contributed by atoms with van der Waals surface area (Å²) in [5.74, 6) is 7.87. The van der Waals surface area contributed by atoms with Gasteiger partial charge in [0.05, 0.1) is 107 Å². The van der Waals surface area contributed by atoms with Crippen molar-refractivity contribution >= 4 is 40.7 Å². The fourth-order valence-corrected chi connectivity index (χ4v) is 14.4. The van der Waals surface area contributed by atoms with Gasteiger partial charge in [-0.05, 0) is 237 Å². The van der Waals surface area contributed by atoms with E-state index in [0.717, 1.165) is 146 Å². The van der Waals surface area contributed by atoms with Gasteiger partial charge in [0.1, 0.15) is 5.82 Å². The number of amides is 2. The summed E-state index contributed by atoms with van der Waals surface area (Å²) >= 11 is 0. The van der Waals surface area contributed by atoms with Crippen molar-refractivity contribution in [2.75, 3.05) is 133 Å². The van der Waals surface area contributed by atoms with E-state index in [1.165, 1.54) is 35.0 Å². The van der Waals surface area contributed by atoms with E-state index in [1.54, 1.807) is 58.7 Å². The molecular weight excluding hydrogens is 1650 g/mol. The maximum absolute atomic E-state index is 12.8. The van der Waals surface area contributed by atoms with Crippen LogP contribution >= 0.6 is 0 Å². The molecule has 0 spiro atoms. The Morgan fingerprint density at radius 1 is 0.488 bits per heavy atom. The van der Waals surface area contributed by atoms with Gasteiger partial charge in [-0.15, -0.1) is 0 Å². The van der Waals surface area contributed by atoms with E-state index in [4.69, 9.17) is 88.0 Å². The van der Waals surface area contributed by atoms with Crippen LogP contribution in [0.25, 0.3) is 48.4 Å². The fraction of sp³-hybridized carbons (Fsp3) is 0.381. The molecule has 6 heterocycles.